The summed E-state index contributed by atoms with van der Waals surface area (Å²) in [4.78, 5) is 4.82. The topological polar surface area (TPSA) is 32.8 Å². The highest BCUT2D eigenvalue weighted by atomic mass is 16.3. The molecule has 0 saturated heterocycles. The van der Waals surface area contributed by atoms with Crippen LogP contribution in [0.3, 0.4) is 0 Å². The first-order chi connectivity index (χ1) is 50.5. The number of nitrogens with zero attached hydrogens (tertiary/aromatic N) is 2. The van der Waals surface area contributed by atoms with Gasteiger partial charge in [-0.05, 0) is 219 Å². The van der Waals surface area contributed by atoms with E-state index in [-0.39, 0.29) is 0 Å². The van der Waals surface area contributed by atoms with Crippen LogP contribution in [0.15, 0.2) is 373 Å². The SMILES string of the molecule is c1ccc(-c2ccc(N(c3ccc4c(c3)C3(c5ccccc5-c5ccccc53)c3ccccc3-4)c3ccc4c(c3)oc3ccc(-c5ccc6oc7cc(N(c8cccc(-c9ccccc9)c8)c8ccc9c(c8)C8(c%10ccccc%10-c%10ccccc%108)c8ccccc8-9)ccc7c6c5)cc34)cc2)cc1. The third kappa shape index (κ3) is 7.97. The fraction of sp³-hybridized carbons (Fsp3) is 0.0204. The second-order valence-electron chi connectivity index (χ2n) is 27.7. The Morgan fingerprint density at radius 3 is 0.882 bits per heavy atom. The standard InChI is InChI=1S/C98H60N2O2/c1-3-20-61(21-4-1)63-38-42-67(43-39-63)99(69-44-48-79-77-30-11-17-36-89(77)97(91(79)57-69)85-32-13-7-26-73(85)74-27-8-14-33-86(74)97)71-46-50-81-83-55-65(40-52-93(83)101-95(81)59-71)66-41-53-94-84(56-66)82-51-47-72(60-96(82)102-94)100(68-25-19-24-64(54-68)62-22-5-2-6-23-62)70-45-49-80-78-31-12-18-37-90(78)98(92(80)58-70)87-34-15-9-28-75(87)76-29-10-16-35-88(76)98/h1-60H. The molecule has 4 heteroatoms. The molecule has 2 heterocycles. The summed E-state index contributed by atoms with van der Waals surface area (Å²) in [5.74, 6) is 0. The molecule has 474 valence electrons. The van der Waals surface area contributed by atoms with Crippen LogP contribution in [-0.2, 0) is 10.8 Å². The average molecular weight is 1300 g/mol. The molecule has 4 aliphatic rings. The van der Waals surface area contributed by atoms with Crippen LogP contribution in [0.1, 0.15) is 44.5 Å². The third-order valence-electron chi connectivity index (χ3n) is 22.7. The lowest BCUT2D eigenvalue weighted by Crippen LogP contribution is -2.26. The van der Waals surface area contributed by atoms with Crippen molar-refractivity contribution < 1.29 is 8.83 Å². The van der Waals surface area contributed by atoms with Crippen molar-refractivity contribution in [2.75, 3.05) is 9.80 Å². The summed E-state index contributed by atoms with van der Waals surface area (Å²) in [7, 11) is 0. The Labute approximate surface area is 590 Å². The van der Waals surface area contributed by atoms with Crippen LogP contribution < -0.4 is 9.80 Å². The molecule has 2 spiro atoms. The van der Waals surface area contributed by atoms with Gasteiger partial charge in [0.05, 0.1) is 10.8 Å². The van der Waals surface area contributed by atoms with Gasteiger partial charge in [-0.15, -0.1) is 0 Å². The molecule has 0 bridgehead atoms. The van der Waals surface area contributed by atoms with Gasteiger partial charge in [0.15, 0.2) is 0 Å². The van der Waals surface area contributed by atoms with E-state index in [0.717, 1.165) is 106 Å². The second kappa shape index (κ2) is 21.6. The summed E-state index contributed by atoms with van der Waals surface area (Å²) in [6.45, 7) is 0. The number of rotatable bonds is 9. The van der Waals surface area contributed by atoms with E-state index >= 15 is 0 Å². The molecule has 0 amide bonds. The van der Waals surface area contributed by atoms with Crippen LogP contribution in [0.5, 0.6) is 0 Å². The number of fused-ring (bicyclic) bond motifs is 26. The highest BCUT2D eigenvalue weighted by molar-refractivity contribution is 6.11. The number of furan rings is 2. The summed E-state index contributed by atoms with van der Waals surface area (Å²) in [6, 6.07) is 134. The zero-order valence-electron chi connectivity index (χ0n) is 55.4. The molecular weight excluding hydrogens is 1240 g/mol. The van der Waals surface area contributed by atoms with Gasteiger partial charge in [-0.1, -0.05) is 255 Å². The van der Waals surface area contributed by atoms with Crippen molar-refractivity contribution in [3.8, 4) is 77.9 Å². The van der Waals surface area contributed by atoms with Crippen molar-refractivity contribution in [2.45, 2.75) is 10.8 Å². The molecule has 16 aromatic carbocycles. The minimum atomic E-state index is -0.494. The number of hydrogen-bond donors (Lipinski definition) is 0. The van der Waals surface area contributed by atoms with Gasteiger partial charge in [-0.25, -0.2) is 0 Å². The zero-order valence-corrected chi connectivity index (χ0v) is 55.4. The molecule has 0 aliphatic heterocycles. The Hall–Kier alpha value is -13.3. The van der Waals surface area contributed by atoms with Crippen molar-refractivity contribution in [2.24, 2.45) is 0 Å². The molecule has 4 nitrogen and oxygen atoms in total. The molecule has 0 N–H and O–H groups in total. The number of hydrogen-bond acceptors (Lipinski definition) is 4. The lowest BCUT2D eigenvalue weighted by molar-refractivity contribution is 0.668. The van der Waals surface area contributed by atoms with Gasteiger partial charge < -0.3 is 18.6 Å². The predicted molar refractivity (Wildman–Crippen MR) is 419 cm³/mol. The maximum atomic E-state index is 6.95. The van der Waals surface area contributed by atoms with Crippen LogP contribution in [-0.4, -0.2) is 0 Å². The first kappa shape index (κ1) is 56.7. The summed E-state index contributed by atoms with van der Waals surface area (Å²) >= 11 is 0. The van der Waals surface area contributed by atoms with Crippen LogP contribution in [0, 0.1) is 0 Å². The van der Waals surface area contributed by atoms with Crippen molar-refractivity contribution in [3.63, 3.8) is 0 Å². The third-order valence-corrected chi connectivity index (χ3v) is 22.7. The van der Waals surface area contributed by atoms with E-state index in [1.54, 1.807) is 0 Å². The first-order valence-corrected chi connectivity index (χ1v) is 35.3. The van der Waals surface area contributed by atoms with Gasteiger partial charge in [0, 0.05) is 67.8 Å². The van der Waals surface area contributed by atoms with E-state index in [4.69, 9.17) is 8.83 Å². The van der Waals surface area contributed by atoms with E-state index in [0.29, 0.717) is 0 Å². The Balaban J connectivity index is 0.646. The highest BCUT2D eigenvalue weighted by Crippen LogP contribution is 2.65. The van der Waals surface area contributed by atoms with Crippen molar-refractivity contribution >= 4 is 78.0 Å². The second-order valence-corrected chi connectivity index (χ2v) is 27.7. The molecule has 22 rings (SSSR count). The van der Waals surface area contributed by atoms with E-state index in [1.807, 2.05) is 0 Å². The molecule has 0 unspecified atom stereocenters. The van der Waals surface area contributed by atoms with Gasteiger partial charge in [0.2, 0.25) is 0 Å². The molecular formula is C98H60N2O2. The Bertz CT molecular complexity index is 6410. The molecule has 2 aromatic heterocycles. The molecule has 0 atom stereocenters. The van der Waals surface area contributed by atoms with E-state index in [2.05, 4.69) is 374 Å². The van der Waals surface area contributed by atoms with E-state index in [1.165, 1.54) is 94.6 Å². The van der Waals surface area contributed by atoms with Gasteiger partial charge in [-0.3, -0.25) is 0 Å². The lowest BCUT2D eigenvalue weighted by Gasteiger charge is -2.32. The fourth-order valence-electron chi connectivity index (χ4n) is 18.4. The Kier molecular flexibility index (Phi) is 12.0. The van der Waals surface area contributed by atoms with Crippen LogP contribution in [0.25, 0.3) is 122 Å². The first-order valence-electron chi connectivity index (χ1n) is 35.3. The van der Waals surface area contributed by atoms with Crippen LogP contribution in [0.4, 0.5) is 34.1 Å². The molecule has 0 fully saturated rings. The van der Waals surface area contributed by atoms with Crippen molar-refractivity contribution in [1.82, 2.24) is 0 Å². The Morgan fingerprint density at radius 2 is 0.461 bits per heavy atom. The predicted octanol–water partition coefficient (Wildman–Crippen LogP) is 26.1. The van der Waals surface area contributed by atoms with Gasteiger partial charge in [0.25, 0.3) is 0 Å². The molecule has 0 saturated carbocycles. The fourth-order valence-corrected chi connectivity index (χ4v) is 18.4. The minimum Gasteiger partial charge on any atom is -0.456 e. The zero-order chi connectivity index (χ0) is 66.8. The highest BCUT2D eigenvalue weighted by Gasteiger charge is 2.53. The maximum absolute atomic E-state index is 6.95. The lowest BCUT2D eigenvalue weighted by atomic mass is 9.70. The maximum Gasteiger partial charge on any atom is 0.137 e. The molecule has 102 heavy (non-hydrogen) atoms. The average Bonchev–Trinajstić information content (AvgIpc) is 1.52. The van der Waals surface area contributed by atoms with Crippen LogP contribution in [0.2, 0.25) is 0 Å². The number of benzene rings is 16. The summed E-state index contributed by atoms with van der Waals surface area (Å²) in [5, 5.41) is 4.23. The minimum absolute atomic E-state index is 0.489. The summed E-state index contributed by atoms with van der Waals surface area (Å²) < 4.78 is 13.9. The van der Waals surface area contributed by atoms with E-state index < -0.39 is 10.8 Å². The molecule has 0 radical (unpaired) electrons. The van der Waals surface area contributed by atoms with Crippen molar-refractivity contribution in [1.29, 1.82) is 0 Å². The quantitative estimate of drug-likeness (QED) is 0.144. The summed E-state index contributed by atoms with van der Waals surface area (Å²) in [5.41, 5.74) is 36.1. The summed E-state index contributed by atoms with van der Waals surface area (Å²) in [6.07, 6.45) is 0. The molecule has 4 aliphatic carbocycles. The monoisotopic (exact) mass is 1300 g/mol. The normalized spacial score (nSPS) is 13.5. The van der Waals surface area contributed by atoms with Crippen LogP contribution >= 0.6 is 0 Å². The Morgan fingerprint density at radius 1 is 0.167 bits per heavy atom. The smallest absolute Gasteiger partial charge is 0.137 e. The van der Waals surface area contributed by atoms with Gasteiger partial charge >= 0.3 is 0 Å². The molecule has 18 aromatic rings. The largest absolute Gasteiger partial charge is 0.456 e. The number of anilines is 6. The van der Waals surface area contributed by atoms with Crippen molar-refractivity contribution in [3.05, 3.63) is 408 Å². The van der Waals surface area contributed by atoms with Gasteiger partial charge in [0.1, 0.15) is 22.3 Å². The van der Waals surface area contributed by atoms with Gasteiger partial charge in [-0.2, -0.15) is 0 Å². The van der Waals surface area contributed by atoms with E-state index in [9.17, 15) is 0 Å².